The molecule has 1 aromatic rings. The Balaban J connectivity index is 1.41. The second kappa shape index (κ2) is 12.5. The first-order chi connectivity index (χ1) is 15.6. The number of para-hydroxylation sites is 2. The van der Waals surface area contributed by atoms with Crippen molar-refractivity contribution in [1.82, 2.24) is 15.1 Å². The van der Waals surface area contributed by atoms with E-state index < -0.39 is 0 Å². The van der Waals surface area contributed by atoms with Gasteiger partial charge >= 0.3 is 0 Å². The van der Waals surface area contributed by atoms with Crippen LogP contribution in [0.1, 0.15) is 32.6 Å². The minimum Gasteiger partial charge on any atom is -0.495 e. The Morgan fingerprint density at radius 1 is 1.12 bits per heavy atom. The quantitative estimate of drug-likeness (QED) is 0.343. The van der Waals surface area contributed by atoms with E-state index in [4.69, 9.17) is 15.5 Å². The van der Waals surface area contributed by atoms with E-state index >= 15 is 0 Å². The average Bonchev–Trinajstić information content (AvgIpc) is 2.83. The van der Waals surface area contributed by atoms with E-state index in [2.05, 4.69) is 39.1 Å². The van der Waals surface area contributed by atoms with Gasteiger partial charge in [0.15, 0.2) is 5.96 Å². The number of benzene rings is 1. The molecule has 2 fully saturated rings. The SMILES string of the molecule is CCNC(=NCCCCN1CCC(C(N)=O)CC1)N1CCN(c2ccccc2OC)CC1. The zero-order valence-electron chi connectivity index (χ0n) is 19.8. The summed E-state index contributed by atoms with van der Waals surface area (Å²) in [5.41, 5.74) is 6.59. The second-order valence-electron chi connectivity index (χ2n) is 8.61. The Kier molecular flexibility index (Phi) is 9.46. The third kappa shape index (κ3) is 6.76. The zero-order valence-corrected chi connectivity index (χ0v) is 19.8. The standard InChI is InChI=1S/C24H40N6O2/c1-3-26-24(27-12-6-7-13-28-14-10-20(11-15-28)23(25)31)30-18-16-29(17-19-30)21-8-4-5-9-22(21)32-2/h4-5,8-9,20H,3,6-7,10-19H2,1-2H3,(H2,25,31)(H,26,27). The van der Waals surface area contributed by atoms with Crippen LogP contribution >= 0.6 is 0 Å². The molecule has 0 atom stereocenters. The lowest BCUT2D eigenvalue weighted by molar-refractivity contribution is -0.123. The number of nitrogens with two attached hydrogens (primary N) is 1. The molecule has 8 nitrogen and oxygen atoms in total. The first kappa shape index (κ1) is 24.2. The minimum atomic E-state index is -0.140. The maximum absolute atomic E-state index is 11.3. The molecule has 3 N–H and O–H groups in total. The number of anilines is 1. The number of hydrogen-bond acceptors (Lipinski definition) is 5. The van der Waals surface area contributed by atoms with Crippen LogP contribution in [0.4, 0.5) is 5.69 Å². The fraction of sp³-hybridized carbons (Fsp3) is 0.667. The summed E-state index contributed by atoms with van der Waals surface area (Å²) >= 11 is 0. The van der Waals surface area contributed by atoms with Crippen molar-refractivity contribution < 1.29 is 9.53 Å². The lowest BCUT2D eigenvalue weighted by atomic mass is 9.96. The number of piperidine rings is 1. The molecule has 2 aliphatic heterocycles. The van der Waals surface area contributed by atoms with E-state index in [1.165, 1.54) is 0 Å². The van der Waals surface area contributed by atoms with Gasteiger partial charge in [-0.1, -0.05) is 12.1 Å². The maximum Gasteiger partial charge on any atom is 0.220 e. The fourth-order valence-electron chi connectivity index (χ4n) is 4.55. The van der Waals surface area contributed by atoms with Crippen molar-refractivity contribution in [3.8, 4) is 5.75 Å². The van der Waals surface area contributed by atoms with Gasteiger partial charge in [0.25, 0.3) is 0 Å². The Morgan fingerprint density at radius 3 is 2.50 bits per heavy atom. The van der Waals surface area contributed by atoms with Gasteiger partial charge in [-0.3, -0.25) is 9.79 Å². The number of methoxy groups -OCH3 is 1. The van der Waals surface area contributed by atoms with Crippen LogP contribution < -0.4 is 20.7 Å². The van der Waals surface area contributed by atoms with Gasteiger partial charge in [-0.05, 0) is 64.4 Å². The Morgan fingerprint density at radius 2 is 1.84 bits per heavy atom. The van der Waals surface area contributed by atoms with Crippen molar-refractivity contribution in [1.29, 1.82) is 0 Å². The van der Waals surface area contributed by atoms with E-state index in [1.54, 1.807) is 7.11 Å². The van der Waals surface area contributed by atoms with Crippen molar-refractivity contribution in [3.63, 3.8) is 0 Å². The number of nitrogens with one attached hydrogen (secondary N) is 1. The molecule has 32 heavy (non-hydrogen) atoms. The fourth-order valence-corrected chi connectivity index (χ4v) is 4.55. The van der Waals surface area contributed by atoms with Gasteiger partial charge in [0.1, 0.15) is 5.75 Å². The van der Waals surface area contributed by atoms with E-state index in [1.807, 2.05) is 12.1 Å². The van der Waals surface area contributed by atoms with Crippen molar-refractivity contribution in [2.75, 3.05) is 70.9 Å². The van der Waals surface area contributed by atoms with Crippen LogP contribution in [0.3, 0.4) is 0 Å². The lowest BCUT2D eigenvalue weighted by Crippen LogP contribution is -2.52. The summed E-state index contributed by atoms with van der Waals surface area (Å²) in [5, 5.41) is 3.46. The normalized spacial score (nSPS) is 18.6. The summed E-state index contributed by atoms with van der Waals surface area (Å²) in [6, 6.07) is 8.23. The van der Waals surface area contributed by atoms with E-state index in [9.17, 15) is 4.79 Å². The predicted molar refractivity (Wildman–Crippen MR) is 130 cm³/mol. The van der Waals surface area contributed by atoms with Crippen LogP contribution in [-0.4, -0.2) is 87.7 Å². The molecular weight excluding hydrogens is 404 g/mol. The molecule has 0 radical (unpaired) electrons. The Bertz CT molecular complexity index is 740. The van der Waals surface area contributed by atoms with Gasteiger partial charge < -0.3 is 30.5 Å². The van der Waals surface area contributed by atoms with Crippen LogP contribution in [0.25, 0.3) is 0 Å². The first-order valence-corrected chi connectivity index (χ1v) is 12.0. The van der Waals surface area contributed by atoms with E-state index in [-0.39, 0.29) is 11.8 Å². The highest BCUT2D eigenvalue weighted by atomic mass is 16.5. The highest BCUT2D eigenvalue weighted by Gasteiger charge is 2.23. The predicted octanol–water partition coefficient (Wildman–Crippen LogP) is 1.76. The number of aliphatic imine (C=N–C) groups is 1. The molecule has 2 saturated heterocycles. The molecule has 0 bridgehead atoms. The van der Waals surface area contributed by atoms with Crippen LogP contribution in [0.5, 0.6) is 5.75 Å². The molecule has 8 heteroatoms. The number of rotatable bonds is 9. The van der Waals surface area contributed by atoms with Crippen molar-refractivity contribution in [2.24, 2.45) is 16.6 Å². The van der Waals surface area contributed by atoms with E-state index in [0.717, 1.165) is 102 Å². The lowest BCUT2D eigenvalue weighted by Gasteiger charge is -2.38. The Labute approximate surface area is 192 Å². The topological polar surface area (TPSA) is 86.4 Å². The molecule has 0 unspecified atom stereocenters. The monoisotopic (exact) mass is 444 g/mol. The van der Waals surface area contributed by atoms with Crippen molar-refractivity contribution in [3.05, 3.63) is 24.3 Å². The minimum absolute atomic E-state index is 0.0713. The number of carbonyl (C=O) groups excluding carboxylic acids is 1. The maximum atomic E-state index is 11.3. The third-order valence-electron chi connectivity index (χ3n) is 6.47. The highest BCUT2D eigenvalue weighted by molar-refractivity contribution is 5.80. The van der Waals surface area contributed by atoms with Gasteiger partial charge in [-0.15, -0.1) is 0 Å². The number of piperazine rings is 1. The summed E-state index contributed by atoms with van der Waals surface area (Å²) in [6.45, 7) is 10.7. The molecule has 0 saturated carbocycles. The smallest absolute Gasteiger partial charge is 0.220 e. The number of hydrogen-bond donors (Lipinski definition) is 2. The summed E-state index contributed by atoms with van der Waals surface area (Å²) in [5.74, 6) is 1.88. The third-order valence-corrected chi connectivity index (χ3v) is 6.47. The van der Waals surface area contributed by atoms with Gasteiger partial charge in [-0.2, -0.15) is 0 Å². The first-order valence-electron chi connectivity index (χ1n) is 12.0. The number of nitrogens with zero attached hydrogens (tertiary/aromatic N) is 4. The number of ether oxygens (including phenoxy) is 1. The van der Waals surface area contributed by atoms with Crippen LogP contribution in [-0.2, 0) is 4.79 Å². The van der Waals surface area contributed by atoms with E-state index in [0.29, 0.717) is 0 Å². The van der Waals surface area contributed by atoms with Crippen molar-refractivity contribution in [2.45, 2.75) is 32.6 Å². The summed E-state index contributed by atoms with van der Waals surface area (Å²) in [4.78, 5) is 23.4. The molecular formula is C24H40N6O2. The molecule has 1 aromatic carbocycles. The van der Waals surface area contributed by atoms with Gasteiger partial charge in [0.2, 0.25) is 5.91 Å². The van der Waals surface area contributed by atoms with Gasteiger partial charge in [0, 0.05) is 45.2 Å². The molecule has 3 rings (SSSR count). The zero-order chi connectivity index (χ0) is 22.8. The van der Waals surface area contributed by atoms with Crippen LogP contribution in [0, 0.1) is 5.92 Å². The van der Waals surface area contributed by atoms with Gasteiger partial charge in [0.05, 0.1) is 12.8 Å². The molecule has 0 aromatic heterocycles. The average molecular weight is 445 g/mol. The second-order valence-corrected chi connectivity index (χ2v) is 8.61. The number of likely N-dealkylation sites (tertiary alicyclic amines) is 1. The molecule has 2 heterocycles. The summed E-state index contributed by atoms with van der Waals surface area (Å²) < 4.78 is 5.53. The number of carbonyl (C=O) groups is 1. The largest absolute Gasteiger partial charge is 0.495 e. The number of primary amides is 1. The summed E-state index contributed by atoms with van der Waals surface area (Å²) in [6.07, 6.45) is 4.01. The number of unbranched alkanes of at least 4 members (excludes halogenated alkanes) is 1. The molecule has 2 aliphatic rings. The molecule has 178 valence electrons. The van der Waals surface area contributed by atoms with Crippen LogP contribution in [0.2, 0.25) is 0 Å². The van der Waals surface area contributed by atoms with Gasteiger partial charge in [-0.25, -0.2) is 0 Å². The van der Waals surface area contributed by atoms with Crippen molar-refractivity contribution >= 4 is 17.6 Å². The molecule has 0 spiro atoms. The number of amides is 1. The Hall–Kier alpha value is -2.48. The molecule has 1 amide bonds. The van der Waals surface area contributed by atoms with Crippen LogP contribution in [0.15, 0.2) is 29.3 Å². The number of guanidine groups is 1. The highest BCUT2D eigenvalue weighted by Crippen LogP contribution is 2.28. The molecule has 0 aliphatic carbocycles. The summed E-state index contributed by atoms with van der Waals surface area (Å²) in [7, 11) is 1.73.